The molecule has 2 aromatic rings. The molecule has 0 saturated heterocycles. The van der Waals surface area contributed by atoms with Gasteiger partial charge in [0.05, 0.1) is 16.1 Å². The van der Waals surface area contributed by atoms with Crippen LogP contribution in [0.25, 0.3) is 11.3 Å². The van der Waals surface area contributed by atoms with E-state index in [-0.39, 0.29) is 5.54 Å². The van der Waals surface area contributed by atoms with Crippen molar-refractivity contribution < 1.29 is 4.79 Å². The predicted molar refractivity (Wildman–Crippen MR) is 76.2 cm³/mol. The highest BCUT2D eigenvalue weighted by atomic mass is 35.5. The summed E-state index contributed by atoms with van der Waals surface area (Å²) in [7, 11) is 0. The standard InChI is InChI=1S/C14H16ClN3O/c1-14(2,3)18-8-10(13(16)19)12(17-18)9-6-4-5-7-11(9)15/h4-8H,1-3H3,(H2,16,19). The van der Waals surface area contributed by atoms with Gasteiger partial charge in [-0.2, -0.15) is 5.10 Å². The SMILES string of the molecule is CC(C)(C)n1cc(C(N)=O)c(-c2ccccc2Cl)n1. The maximum Gasteiger partial charge on any atom is 0.252 e. The Morgan fingerprint density at radius 3 is 2.47 bits per heavy atom. The molecular weight excluding hydrogens is 262 g/mol. The molecule has 0 saturated carbocycles. The Kier molecular flexibility index (Phi) is 3.37. The number of aromatic nitrogens is 2. The number of benzene rings is 1. The number of nitrogens with zero attached hydrogens (tertiary/aromatic N) is 2. The van der Waals surface area contributed by atoms with Gasteiger partial charge in [0.25, 0.3) is 5.91 Å². The largest absolute Gasteiger partial charge is 0.365 e. The molecule has 0 bridgehead atoms. The zero-order valence-electron chi connectivity index (χ0n) is 11.1. The third-order valence-corrected chi connectivity index (χ3v) is 3.13. The number of halogens is 1. The van der Waals surface area contributed by atoms with Crippen molar-refractivity contribution in [1.29, 1.82) is 0 Å². The summed E-state index contributed by atoms with van der Waals surface area (Å²) in [6.07, 6.45) is 1.67. The lowest BCUT2D eigenvalue weighted by atomic mass is 10.1. The van der Waals surface area contributed by atoms with Crippen molar-refractivity contribution in [3.05, 3.63) is 41.0 Å². The summed E-state index contributed by atoms with van der Waals surface area (Å²) in [5, 5.41) is 5.01. The first-order chi connectivity index (χ1) is 8.80. The van der Waals surface area contributed by atoms with Crippen molar-refractivity contribution in [3.63, 3.8) is 0 Å². The smallest absolute Gasteiger partial charge is 0.252 e. The quantitative estimate of drug-likeness (QED) is 0.917. The van der Waals surface area contributed by atoms with E-state index in [1.54, 1.807) is 16.9 Å². The van der Waals surface area contributed by atoms with Gasteiger partial charge in [0.2, 0.25) is 0 Å². The minimum Gasteiger partial charge on any atom is -0.365 e. The van der Waals surface area contributed by atoms with Crippen LogP contribution in [-0.4, -0.2) is 15.7 Å². The first kappa shape index (κ1) is 13.6. The van der Waals surface area contributed by atoms with Crippen molar-refractivity contribution >= 4 is 17.5 Å². The number of amides is 1. The van der Waals surface area contributed by atoms with Gasteiger partial charge in [-0.3, -0.25) is 9.48 Å². The minimum absolute atomic E-state index is 0.232. The Hall–Kier alpha value is -1.81. The fraction of sp³-hybridized carbons (Fsp3) is 0.286. The number of hydrogen-bond acceptors (Lipinski definition) is 2. The van der Waals surface area contributed by atoms with Crippen LogP contribution in [0.5, 0.6) is 0 Å². The average Bonchev–Trinajstić information content (AvgIpc) is 2.74. The van der Waals surface area contributed by atoms with E-state index in [1.807, 2.05) is 39.0 Å². The van der Waals surface area contributed by atoms with E-state index in [2.05, 4.69) is 5.10 Å². The second-order valence-electron chi connectivity index (χ2n) is 5.35. The third kappa shape index (κ3) is 2.63. The summed E-state index contributed by atoms with van der Waals surface area (Å²) in [6, 6.07) is 7.26. The summed E-state index contributed by atoms with van der Waals surface area (Å²) in [4.78, 5) is 11.6. The Labute approximate surface area is 117 Å². The van der Waals surface area contributed by atoms with Crippen molar-refractivity contribution in [1.82, 2.24) is 9.78 Å². The summed E-state index contributed by atoms with van der Waals surface area (Å²) < 4.78 is 1.73. The van der Waals surface area contributed by atoms with Gasteiger partial charge in [0.15, 0.2) is 0 Å². The molecule has 0 spiro atoms. The van der Waals surface area contributed by atoms with Gasteiger partial charge in [0, 0.05) is 11.8 Å². The fourth-order valence-corrected chi connectivity index (χ4v) is 1.98. The number of rotatable bonds is 2. The summed E-state index contributed by atoms with van der Waals surface area (Å²) in [6.45, 7) is 6.00. The topological polar surface area (TPSA) is 60.9 Å². The van der Waals surface area contributed by atoms with Crippen LogP contribution in [0.1, 0.15) is 31.1 Å². The molecular formula is C14H16ClN3O. The lowest BCUT2D eigenvalue weighted by molar-refractivity contribution is 0.100. The van der Waals surface area contributed by atoms with Crippen LogP contribution in [0.15, 0.2) is 30.5 Å². The minimum atomic E-state index is -0.509. The van der Waals surface area contributed by atoms with Gasteiger partial charge >= 0.3 is 0 Å². The molecule has 1 aromatic heterocycles. The molecule has 0 radical (unpaired) electrons. The molecule has 1 aromatic carbocycles. The number of hydrogen-bond donors (Lipinski definition) is 1. The highest BCUT2D eigenvalue weighted by Gasteiger charge is 2.22. The Balaban J connectivity index is 2.66. The molecule has 0 fully saturated rings. The van der Waals surface area contributed by atoms with E-state index in [0.29, 0.717) is 21.8 Å². The molecule has 100 valence electrons. The molecule has 0 atom stereocenters. The van der Waals surface area contributed by atoms with Gasteiger partial charge in [-0.1, -0.05) is 29.8 Å². The molecule has 0 aliphatic rings. The molecule has 1 heterocycles. The second-order valence-corrected chi connectivity index (χ2v) is 5.76. The van der Waals surface area contributed by atoms with E-state index in [4.69, 9.17) is 17.3 Å². The number of carbonyl (C=O) groups excluding carboxylic acids is 1. The fourth-order valence-electron chi connectivity index (χ4n) is 1.75. The average molecular weight is 278 g/mol. The molecule has 2 rings (SSSR count). The van der Waals surface area contributed by atoms with E-state index in [0.717, 1.165) is 0 Å². The maximum atomic E-state index is 11.6. The zero-order chi connectivity index (χ0) is 14.2. The number of primary amides is 1. The van der Waals surface area contributed by atoms with Crippen LogP contribution in [0.4, 0.5) is 0 Å². The summed E-state index contributed by atoms with van der Waals surface area (Å²) in [5.74, 6) is -0.509. The Morgan fingerprint density at radius 2 is 1.95 bits per heavy atom. The van der Waals surface area contributed by atoms with E-state index < -0.39 is 5.91 Å². The third-order valence-electron chi connectivity index (χ3n) is 2.80. The van der Waals surface area contributed by atoms with Crippen LogP contribution in [-0.2, 0) is 5.54 Å². The second kappa shape index (κ2) is 4.70. The number of nitrogens with two attached hydrogens (primary N) is 1. The lowest BCUT2D eigenvalue weighted by Gasteiger charge is -2.18. The normalized spacial score (nSPS) is 11.6. The summed E-state index contributed by atoms with van der Waals surface area (Å²) in [5.41, 5.74) is 6.80. The van der Waals surface area contributed by atoms with Crippen LogP contribution < -0.4 is 5.73 Å². The van der Waals surface area contributed by atoms with E-state index in [9.17, 15) is 4.79 Å². The first-order valence-electron chi connectivity index (χ1n) is 5.95. The van der Waals surface area contributed by atoms with Crippen molar-refractivity contribution in [2.75, 3.05) is 0 Å². The molecule has 5 heteroatoms. The highest BCUT2D eigenvalue weighted by Crippen LogP contribution is 2.30. The number of carbonyl (C=O) groups is 1. The monoisotopic (exact) mass is 277 g/mol. The molecule has 0 aliphatic carbocycles. The molecule has 4 nitrogen and oxygen atoms in total. The molecule has 0 aliphatic heterocycles. The van der Waals surface area contributed by atoms with Gasteiger partial charge in [-0.25, -0.2) is 0 Å². The van der Waals surface area contributed by atoms with Gasteiger partial charge in [0.1, 0.15) is 5.69 Å². The lowest BCUT2D eigenvalue weighted by Crippen LogP contribution is -2.22. The van der Waals surface area contributed by atoms with Gasteiger partial charge in [-0.15, -0.1) is 0 Å². The Morgan fingerprint density at radius 1 is 1.32 bits per heavy atom. The highest BCUT2D eigenvalue weighted by molar-refractivity contribution is 6.33. The maximum absolute atomic E-state index is 11.6. The van der Waals surface area contributed by atoms with Crippen LogP contribution >= 0.6 is 11.6 Å². The van der Waals surface area contributed by atoms with Gasteiger partial charge in [-0.05, 0) is 26.8 Å². The van der Waals surface area contributed by atoms with Gasteiger partial charge < -0.3 is 5.73 Å². The predicted octanol–water partition coefficient (Wildman–Crippen LogP) is 3.06. The van der Waals surface area contributed by atoms with E-state index in [1.165, 1.54) is 0 Å². The molecule has 19 heavy (non-hydrogen) atoms. The summed E-state index contributed by atoms with van der Waals surface area (Å²) >= 11 is 6.16. The molecule has 2 N–H and O–H groups in total. The van der Waals surface area contributed by atoms with Crippen molar-refractivity contribution in [2.24, 2.45) is 5.73 Å². The van der Waals surface area contributed by atoms with Crippen LogP contribution in [0.3, 0.4) is 0 Å². The van der Waals surface area contributed by atoms with E-state index >= 15 is 0 Å². The van der Waals surface area contributed by atoms with Crippen LogP contribution in [0.2, 0.25) is 5.02 Å². The zero-order valence-corrected chi connectivity index (χ0v) is 11.9. The molecule has 1 amide bonds. The molecule has 0 unspecified atom stereocenters. The van der Waals surface area contributed by atoms with Crippen molar-refractivity contribution in [3.8, 4) is 11.3 Å². The Bertz CT molecular complexity index is 626. The first-order valence-corrected chi connectivity index (χ1v) is 6.33. The van der Waals surface area contributed by atoms with Crippen molar-refractivity contribution in [2.45, 2.75) is 26.3 Å². The van der Waals surface area contributed by atoms with Crippen LogP contribution in [0, 0.1) is 0 Å².